The fourth-order valence-electron chi connectivity index (χ4n) is 2.79. The largest absolute Gasteiger partial charge is 0.347 e. The second kappa shape index (κ2) is 5.74. The quantitative estimate of drug-likeness (QED) is 0.901. The third kappa shape index (κ3) is 3.16. The number of likely N-dealkylation sites (N-methyl/N-ethyl adjacent to an activating group) is 1. The molecule has 0 radical (unpaired) electrons. The van der Waals surface area contributed by atoms with Crippen molar-refractivity contribution in [3.05, 3.63) is 34.9 Å². The standard InChI is InChI=1S/C16H24N2O/c1-11(17-12(2)16(19)18(3)4)14-9-8-13-6-5-7-15(13)10-14/h8-12,17H,5-7H2,1-4H3. The summed E-state index contributed by atoms with van der Waals surface area (Å²) in [5, 5.41) is 3.38. The third-order valence-electron chi connectivity index (χ3n) is 3.93. The predicted molar refractivity (Wildman–Crippen MR) is 78.2 cm³/mol. The average Bonchev–Trinajstić information content (AvgIpc) is 2.84. The number of nitrogens with zero attached hydrogens (tertiary/aromatic N) is 1. The molecule has 2 rings (SSSR count). The van der Waals surface area contributed by atoms with Crippen LogP contribution in [0.1, 0.15) is 43.0 Å². The summed E-state index contributed by atoms with van der Waals surface area (Å²) in [5.41, 5.74) is 4.25. The molecule has 0 aliphatic heterocycles. The summed E-state index contributed by atoms with van der Waals surface area (Å²) >= 11 is 0. The van der Waals surface area contributed by atoms with Gasteiger partial charge in [-0.2, -0.15) is 0 Å². The Morgan fingerprint density at radius 2 is 1.89 bits per heavy atom. The highest BCUT2D eigenvalue weighted by atomic mass is 16.2. The van der Waals surface area contributed by atoms with Crippen LogP contribution in [-0.2, 0) is 17.6 Å². The van der Waals surface area contributed by atoms with Gasteiger partial charge >= 0.3 is 0 Å². The van der Waals surface area contributed by atoms with Crippen LogP contribution in [0.15, 0.2) is 18.2 Å². The number of amides is 1. The highest BCUT2D eigenvalue weighted by molar-refractivity contribution is 5.80. The number of hydrogen-bond donors (Lipinski definition) is 1. The van der Waals surface area contributed by atoms with E-state index in [1.54, 1.807) is 19.0 Å². The maximum absolute atomic E-state index is 11.9. The highest BCUT2D eigenvalue weighted by Gasteiger charge is 2.19. The first-order valence-corrected chi connectivity index (χ1v) is 7.08. The molecule has 0 spiro atoms. The Morgan fingerprint density at radius 1 is 1.21 bits per heavy atom. The molecule has 1 aliphatic carbocycles. The van der Waals surface area contributed by atoms with Crippen LogP contribution in [0.25, 0.3) is 0 Å². The Kier molecular flexibility index (Phi) is 4.25. The van der Waals surface area contributed by atoms with E-state index in [0.29, 0.717) is 0 Å². The lowest BCUT2D eigenvalue weighted by Crippen LogP contribution is -2.42. The first kappa shape index (κ1) is 14.1. The van der Waals surface area contributed by atoms with Gasteiger partial charge in [0.25, 0.3) is 0 Å². The van der Waals surface area contributed by atoms with Crippen LogP contribution < -0.4 is 5.32 Å². The number of nitrogens with one attached hydrogen (secondary N) is 1. The zero-order chi connectivity index (χ0) is 14.0. The van der Waals surface area contributed by atoms with E-state index in [-0.39, 0.29) is 18.0 Å². The number of carbonyl (C=O) groups is 1. The lowest BCUT2D eigenvalue weighted by molar-refractivity contribution is -0.130. The van der Waals surface area contributed by atoms with Crippen molar-refractivity contribution in [1.82, 2.24) is 10.2 Å². The van der Waals surface area contributed by atoms with E-state index in [9.17, 15) is 4.79 Å². The molecular weight excluding hydrogens is 236 g/mol. The molecule has 0 bridgehead atoms. The molecule has 2 atom stereocenters. The minimum Gasteiger partial charge on any atom is -0.347 e. The van der Waals surface area contributed by atoms with Gasteiger partial charge in [0, 0.05) is 20.1 Å². The summed E-state index contributed by atoms with van der Waals surface area (Å²) in [7, 11) is 3.58. The topological polar surface area (TPSA) is 32.3 Å². The Bertz CT molecular complexity index is 468. The van der Waals surface area contributed by atoms with Gasteiger partial charge in [0.05, 0.1) is 6.04 Å². The maximum Gasteiger partial charge on any atom is 0.238 e. The molecule has 0 fully saturated rings. The van der Waals surface area contributed by atoms with Gasteiger partial charge in [-0.15, -0.1) is 0 Å². The highest BCUT2D eigenvalue weighted by Crippen LogP contribution is 2.25. The van der Waals surface area contributed by atoms with E-state index in [2.05, 4.69) is 30.4 Å². The molecule has 0 saturated carbocycles. The molecule has 1 N–H and O–H groups in total. The van der Waals surface area contributed by atoms with Crippen LogP contribution in [0, 0.1) is 0 Å². The lowest BCUT2D eigenvalue weighted by Gasteiger charge is -2.23. The Balaban J connectivity index is 2.04. The number of hydrogen-bond acceptors (Lipinski definition) is 2. The van der Waals surface area contributed by atoms with Crippen molar-refractivity contribution < 1.29 is 4.79 Å². The fraction of sp³-hybridized carbons (Fsp3) is 0.562. The van der Waals surface area contributed by atoms with Crippen molar-refractivity contribution in [2.24, 2.45) is 0 Å². The van der Waals surface area contributed by atoms with Crippen molar-refractivity contribution in [3.8, 4) is 0 Å². The van der Waals surface area contributed by atoms with Gasteiger partial charge in [-0.3, -0.25) is 10.1 Å². The second-order valence-electron chi connectivity index (χ2n) is 5.72. The minimum absolute atomic E-state index is 0.119. The molecule has 0 aromatic heterocycles. The van der Waals surface area contributed by atoms with Gasteiger partial charge in [0.15, 0.2) is 0 Å². The number of benzene rings is 1. The molecule has 19 heavy (non-hydrogen) atoms. The van der Waals surface area contributed by atoms with Crippen molar-refractivity contribution in [1.29, 1.82) is 0 Å². The Hall–Kier alpha value is -1.35. The summed E-state index contributed by atoms with van der Waals surface area (Å²) in [6.45, 7) is 4.04. The van der Waals surface area contributed by atoms with Crippen molar-refractivity contribution >= 4 is 5.91 Å². The molecule has 104 valence electrons. The van der Waals surface area contributed by atoms with Crippen molar-refractivity contribution in [3.63, 3.8) is 0 Å². The van der Waals surface area contributed by atoms with Gasteiger partial charge in [0.2, 0.25) is 5.91 Å². The molecule has 0 heterocycles. The second-order valence-corrected chi connectivity index (χ2v) is 5.72. The predicted octanol–water partition coefficient (Wildman–Crippen LogP) is 2.30. The molecule has 1 aliphatic rings. The molecule has 3 nitrogen and oxygen atoms in total. The normalized spacial score (nSPS) is 16.8. The number of fused-ring (bicyclic) bond motifs is 1. The average molecular weight is 260 g/mol. The van der Waals surface area contributed by atoms with E-state index >= 15 is 0 Å². The summed E-state index contributed by atoms with van der Waals surface area (Å²) in [4.78, 5) is 13.5. The maximum atomic E-state index is 11.9. The van der Waals surface area contributed by atoms with Crippen LogP contribution in [0.3, 0.4) is 0 Å². The first-order chi connectivity index (χ1) is 8.99. The molecule has 1 aromatic rings. The molecule has 2 unspecified atom stereocenters. The SMILES string of the molecule is CC(NC(C)c1ccc2c(c1)CCC2)C(=O)N(C)C. The first-order valence-electron chi connectivity index (χ1n) is 7.08. The fourth-order valence-corrected chi connectivity index (χ4v) is 2.79. The molecule has 1 amide bonds. The van der Waals surface area contributed by atoms with Crippen molar-refractivity contribution in [2.45, 2.75) is 45.2 Å². The Morgan fingerprint density at radius 3 is 2.58 bits per heavy atom. The van der Waals surface area contributed by atoms with Gasteiger partial charge in [-0.1, -0.05) is 18.2 Å². The van der Waals surface area contributed by atoms with Gasteiger partial charge < -0.3 is 4.90 Å². The molecule has 0 saturated heterocycles. The van der Waals surface area contributed by atoms with E-state index in [0.717, 1.165) is 0 Å². The van der Waals surface area contributed by atoms with Gasteiger partial charge in [-0.05, 0) is 49.8 Å². The summed E-state index contributed by atoms with van der Waals surface area (Å²) < 4.78 is 0. The molecule has 1 aromatic carbocycles. The molecular formula is C16H24N2O. The van der Waals surface area contributed by atoms with Crippen LogP contribution in [0.5, 0.6) is 0 Å². The van der Waals surface area contributed by atoms with Crippen LogP contribution in [0.2, 0.25) is 0 Å². The van der Waals surface area contributed by atoms with Gasteiger partial charge in [-0.25, -0.2) is 0 Å². The van der Waals surface area contributed by atoms with E-state index < -0.39 is 0 Å². The van der Waals surface area contributed by atoms with Gasteiger partial charge in [0.1, 0.15) is 0 Å². The minimum atomic E-state index is -0.154. The smallest absolute Gasteiger partial charge is 0.238 e. The van der Waals surface area contributed by atoms with Crippen LogP contribution in [-0.4, -0.2) is 30.9 Å². The lowest BCUT2D eigenvalue weighted by atomic mass is 10.0. The molecule has 3 heteroatoms. The summed E-state index contributed by atoms with van der Waals surface area (Å²) in [6, 6.07) is 6.78. The van der Waals surface area contributed by atoms with Crippen LogP contribution >= 0.6 is 0 Å². The monoisotopic (exact) mass is 260 g/mol. The van der Waals surface area contributed by atoms with Crippen molar-refractivity contribution in [2.75, 3.05) is 14.1 Å². The zero-order valence-electron chi connectivity index (χ0n) is 12.4. The summed E-state index contributed by atoms with van der Waals surface area (Å²) in [5.74, 6) is 0.119. The number of aryl methyl sites for hydroxylation is 2. The zero-order valence-corrected chi connectivity index (χ0v) is 12.4. The van der Waals surface area contributed by atoms with E-state index in [1.807, 2.05) is 6.92 Å². The van der Waals surface area contributed by atoms with E-state index in [1.165, 1.54) is 36.0 Å². The number of rotatable bonds is 4. The number of carbonyl (C=O) groups excluding carboxylic acids is 1. The summed E-state index contributed by atoms with van der Waals surface area (Å²) in [6.07, 6.45) is 3.69. The van der Waals surface area contributed by atoms with E-state index in [4.69, 9.17) is 0 Å². The Labute approximate surface area is 116 Å². The third-order valence-corrected chi connectivity index (χ3v) is 3.93. The van der Waals surface area contributed by atoms with Crippen LogP contribution in [0.4, 0.5) is 0 Å².